The number of ether oxygens (including phenoxy) is 2. The molecule has 0 aliphatic carbocycles. The molecule has 38 heavy (non-hydrogen) atoms. The van der Waals surface area contributed by atoms with Gasteiger partial charge in [-0.2, -0.15) is 0 Å². The van der Waals surface area contributed by atoms with E-state index in [4.69, 9.17) is 14.5 Å². The number of carbonyl (C=O) groups excluding carboxylic acids is 1. The minimum atomic E-state index is -0.297. The number of carbonyl (C=O) groups is 1. The van der Waals surface area contributed by atoms with E-state index in [0.29, 0.717) is 49.0 Å². The van der Waals surface area contributed by atoms with Gasteiger partial charge < -0.3 is 24.1 Å². The minimum Gasteiger partial charge on any atom is -0.494 e. The van der Waals surface area contributed by atoms with E-state index in [1.165, 1.54) is 0 Å². The SMILES string of the molecule is C=CCCOc1nc(-c2cc([C@@H](C)N(CC)C(=O)NC(CC=C)C(C)(C)C)ncc2OC)cn2ccnc12. The van der Waals surface area contributed by atoms with Gasteiger partial charge in [-0.1, -0.05) is 32.9 Å². The summed E-state index contributed by atoms with van der Waals surface area (Å²) in [4.78, 5) is 28.9. The molecule has 0 aliphatic heterocycles. The van der Waals surface area contributed by atoms with Gasteiger partial charge in [0.15, 0.2) is 0 Å². The molecule has 9 nitrogen and oxygen atoms in total. The molecule has 3 rings (SSSR count). The van der Waals surface area contributed by atoms with Crippen molar-refractivity contribution in [2.75, 3.05) is 20.3 Å². The number of fused-ring (bicyclic) bond motifs is 1. The van der Waals surface area contributed by atoms with Gasteiger partial charge in [0.1, 0.15) is 5.75 Å². The Hall–Kier alpha value is -3.88. The van der Waals surface area contributed by atoms with E-state index in [9.17, 15) is 4.79 Å². The van der Waals surface area contributed by atoms with E-state index < -0.39 is 0 Å². The van der Waals surface area contributed by atoms with Crippen LogP contribution in [0.25, 0.3) is 16.9 Å². The van der Waals surface area contributed by atoms with Gasteiger partial charge in [-0.25, -0.2) is 14.8 Å². The van der Waals surface area contributed by atoms with Crippen molar-refractivity contribution in [3.63, 3.8) is 0 Å². The highest BCUT2D eigenvalue weighted by Crippen LogP contribution is 2.33. The molecule has 0 saturated carbocycles. The number of aromatic nitrogens is 4. The highest BCUT2D eigenvalue weighted by molar-refractivity contribution is 5.75. The Morgan fingerprint density at radius 3 is 2.66 bits per heavy atom. The number of nitrogens with zero attached hydrogens (tertiary/aromatic N) is 5. The molecule has 2 atom stereocenters. The molecular formula is C29H40N6O3. The van der Waals surface area contributed by atoms with Gasteiger partial charge >= 0.3 is 6.03 Å². The number of hydrogen-bond donors (Lipinski definition) is 1. The lowest BCUT2D eigenvalue weighted by Gasteiger charge is -2.35. The average molecular weight is 521 g/mol. The first-order valence-corrected chi connectivity index (χ1v) is 12.9. The average Bonchev–Trinajstić information content (AvgIpc) is 3.37. The van der Waals surface area contributed by atoms with Crippen molar-refractivity contribution in [2.24, 2.45) is 5.41 Å². The molecule has 0 radical (unpaired) electrons. The van der Waals surface area contributed by atoms with Gasteiger partial charge in [0.25, 0.3) is 5.88 Å². The number of amides is 2. The van der Waals surface area contributed by atoms with Gasteiger partial charge in [-0.3, -0.25) is 4.98 Å². The summed E-state index contributed by atoms with van der Waals surface area (Å²) in [5.41, 5.74) is 2.62. The highest BCUT2D eigenvalue weighted by Gasteiger charge is 2.29. The largest absolute Gasteiger partial charge is 0.494 e. The fourth-order valence-electron chi connectivity index (χ4n) is 4.20. The smallest absolute Gasteiger partial charge is 0.318 e. The van der Waals surface area contributed by atoms with Crippen molar-refractivity contribution in [1.29, 1.82) is 0 Å². The van der Waals surface area contributed by atoms with Crippen molar-refractivity contribution in [1.82, 2.24) is 29.6 Å². The van der Waals surface area contributed by atoms with Crippen molar-refractivity contribution in [3.8, 4) is 22.9 Å². The molecule has 0 aromatic carbocycles. The van der Waals surface area contributed by atoms with E-state index in [2.05, 4.69) is 49.2 Å². The lowest BCUT2D eigenvalue weighted by atomic mass is 9.85. The van der Waals surface area contributed by atoms with Crippen LogP contribution in [-0.2, 0) is 0 Å². The topological polar surface area (TPSA) is 93.9 Å². The van der Waals surface area contributed by atoms with Crippen LogP contribution < -0.4 is 14.8 Å². The van der Waals surface area contributed by atoms with Gasteiger partial charge in [-0.05, 0) is 38.2 Å². The van der Waals surface area contributed by atoms with Gasteiger partial charge in [0.2, 0.25) is 5.65 Å². The van der Waals surface area contributed by atoms with E-state index >= 15 is 0 Å². The molecule has 1 unspecified atom stereocenters. The number of methoxy groups -OCH3 is 1. The lowest BCUT2D eigenvalue weighted by molar-refractivity contribution is 0.165. The molecule has 0 saturated heterocycles. The summed E-state index contributed by atoms with van der Waals surface area (Å²) in [6, 6.07) is 1.44. The number of rotatable bonds is 12. The van der Waals surface area contributed by atoms with Crippen LogP contribution in [0.15, 0.2) is 56.2 Å². The first-order valence-electron chi connectivity index (χ1n) is 12.9. The van der Waals surface area contributed by atoms with Crippen molar-refractivity contribution >= 4 is 11.7 Å². The van der Waals surface area contributed by atoms with Crippen molar-refractivity contribution in [3.05, 3.63) is 61.9 Å². The molecule has 0 spiro atoms. The monoisotopic (exact) mass is 520 g/mol. The van der Waals surface area contributed by atoms with Crippen molar-refractivity contribution < 1.29 is 14.3 Å². The third-order valence-corrected chi connectivity index (χ3v) is 6.53. The third-order valence-electron chi connectivity index (χ3n) is 6.53. The van der Waals surface area contributed by atoms with Gasteiger partial charge in [0, 0.05) is 36.7 Å². The second kappa shape index (κ2) is 12.6. The zero-order chi connectivity index (χ0) is 27.9. The van der Waals surface area contributed by atoms with Crippen LogP contribution in [0, 0.1) is 5.41 Å². The molecule has 204 valence electrons. The zero-order valence-corrected chi connectivity index (χ0v) is 23.4. The number of pyridine rings is 1. The Bertz CT molecular complexity index is 1260. The molecule has 9 heteroatoms. The Kier molecular flexibility index (Phi) is 9.50. The normalized spacial score (nSPS) is 13.0. The zero-order valence-electron chi connectivity index (χ0n) is 23.4. The molecule has 2 amide bonds. The first kappa shape index (κ1) is 28.7. The van der Waals surface area contributed by atoms with E-state index in [0.717, 1.165) is 11.3 Å². The summed E-state index contributed by atoms with van der Waals surface area (Å²) in [7, 11) is 1.60. The number of hydrogen-bond acceptors (Lipinski definition) is 6. The second-order valence-electron chi connectivity index (χ2n) is 10.2. The number of urea groups is 1. The second-order valence-corrected chi connectivity index (χ2v) is 10.2. The fraction of sp³-hybridized carbons (Fsp3) is 0.448. The third kappa shape index (κ3) is 6.51. The van der Waals surface area contributed by atoms with Crippen LogP contribution in [0.4, 0.5) is 4.79 Å². The predicted octanol–water partition coefficient (Wildman–Crippen LogP) is 5.84. The maximum atomic E-state index is 13.4. The van der Waals surface area contributed by atoms with Crippen LogP contribution in [0.5, 0.6) is 11.6 Å². The first-order chi connectivity index (χ1) is 18.1. The fourth-order valence-corrected chi connectivity index (χ4v) is 4.20. The Balaban J connectivity index is 1.97. The van der Waals surface area contributed by atoms with Crippen LogP contribution in [-0.4, -0.2) is 56.6 Å². The molecule has 1 N–H and O–H groups in total. The van der Waals surface area contributed by atoms with Crippen LogP contribution in [0.3, 0.4) is 0 Å². The molecular weight excluding hydrogens is 480 g/mol. The predicted molar refractivity (Wildman–Crippen MR) is 150 cm³/mol. The van der Waals surface area contributed by atoms with E-state index in [1.54, 1.807) is 30.5 Å². The summed E-state index contributed by atoms with van der Waals surface area (Å²) in [6.45, 7) is 18.8. The van der Waals surface area contributed by atoms with E-state index in [-0.39, 0.29) is 23.5 Å². The molecule has 3 heterocycles. The summed E-state index contributed by atoms with van der Waals surface area (Å²) < 4.78 is 13.4. The molecule has 0 bridgehead atoms. The maximum absolute atomic E-state index is 13.4. The van der Waals surface area contributed by atoms with Crippen LogP contribution in [0.1, 0.15) is 59.2 Å². The minimum absolute atomic E-state index is 0.0428. The molecule has 3 aromatic heterocycles. The Morgan fingerprint density at radius 1 is 1.26 bits per heavy atom. The summed E-state index contributed by atoms with van der Waals surface area (Å²) in [5.74, 6) is 0.990. The number of imidazole rings is 1. The quantitative estimate of drug-likeness (QED) is 0.238. The van der Waals surface area contributed by atoms with Crippen molar-refractivity contribution in [2.45, 2.75) is 59.5 Å². The standard InChI is InChI=1S/C29H40N6O3/c1-9-12-16-38-27-26-30-14-15-34(26)19-23(32-27)21-17-22(31-18-24(21)37-8)20(4)35(11-3)28(36)33-25(13-10-2)29(5,6)7/h9-10,14-15,17-20,25H,1-2,11-13,16H2,3-8H3,(H,33,36)/t20-,25?/m1/s1. The van der Waals surface area contributed by atoms with Gasteiger partial charge in [0.05, 0.1) is 37.3 Å². The summed E-state index contributed by atoms with van der Waals surface area (Å²) >= 11 is 0. The Labute approximate surface area is 225 Å². The molecule has 0 aliphatic rings. The van der Waals surface area contributed by atoms with E-state index in [1.807, 2.05) is 42.8 Å². The van der Waals surface area contributed by atoms with Crippen LogP contribution >= 0.6 is 0 Å². The Morgan fingerprint density at radius 2 is 2.03 bits per heavy atom. The summed E-state index contributed by atoms with van der Waals surface area (Å²) in [6.07, 6.45) is 12.1. The lowest BCUT2D eigenvalue weighted by Crippen LogP contribution is -2.50. The summed E-state index contributed by atoms with van der Waals surface area (Å²) in [5, 5.41) is 3.19. The number of nitrogens with one attached hydrogen (secondary N) is 1. The maximum Gasteiger partial charge on any atom is 0.318 e. The van der Waals surface area contributed by atoms with Crippen LogP contribution in [0.2, 0.25) is 0 Å². The highest BCUT2D eigenvalue weighted by atomic mass is 16.5. The molecule has 0 fully saturated rings. The van der Waals surface area contributed by atoms with Gasteiger partial charge in [-0.15, -0.1) is 13.2 Å². The molecule has 3 aromatic rings.